The minimum Gasteiger partial charge on any atom is -0.297 e. The Bertz CT molecular complexity index is 1330. The number of allylic oxidation sites excluding steroid dienone is 14. The van der Waals surface area contributed by atoms with Crippen molar-refractivity contribution in [3.63, 3.8) is 0 Å². The van der Waals surface area contributed by atoms with E-state index in [0.717, 1.165) is 30.0 Å². The molecule has 0 aliphatic heterocycles. The fraction of sp³-hybridized carbons (Fsp3) is 0.0690. The van der Waals surface area contributed by atoms with Crippen LogP contribution in [0.4, 0.5) is 11.5 Å². The standard InChI is InChI=1S/C29H21N3/c1-3-10-22(11-4-1)32(28-20-30-17-18-31-28)23-15-16-27-25-13-6-2-5-12-24(25)26-14-8-7-9-21(19-23)29(26)27/h1-6,8-12,14-18,20H,13,19H2. The molecule has 0 bridgehead atoms. The first kappa shape index (κ1) is 18.6. The molecule has 0 atom stereocenters. The predicted octanol–water partition coefficient (Wildman–Crippen LogP) is 6.60. The van der Waals surface area contributed by atoms with Gasteiger partial charge < -0.3 is 0 Å². The monoisotopic (exact) mass is 411 g/mol. The Morgan fingerprint density at radius 2 is 1.88 bits per heavy atom. The maximum absolute atomic E-state index is 4.62. The number of para-hydroxylation sites is 1. The summed E-state index contributed by atoms with van der Waals surface area (Å²) in [5, 5.41) is 0. The van der Waals surface area contributed by atoms with Crippen molar-refractivity contribution in [3.8, 4) is 0 Å². The SMILES string of the molecule is C1=CC=C2C3=C(CC=CC=C3)C3=CC=C(N(c4ccccc4)c4cnccn4)CC(=C23)C=1. The molecule has 6 rings (SSSR count). The van der Waals surface area contributed by atoms with Crippen molar-refractivity contribution in [1.29, 1.82) is 0 Å². The third-order valence-electron chi connectivity index (χ3n) is 6.13. The number of rotatable bonds is 3. The van der Waals surface area contributed by atoms with Gasteiger partial charge >= 0.3 is 0 Å². The summed E-state index contributed by atoms with van der Waals surface area (Å²) >= 11 is 0. The summed E-state index contributed by atoms with van der Waals surface area (Å²) in [6.07, 6.45) is 26.6. The molecule has 0 saturated carbocycles. The maximum atomic E-state index is 4.62. The van der Waals surface area contributed by atoms with E-state index in [4.69, 9.17) is 0 Å². The quantitative estimate of drug-likeness (QED) is 0.533. The predicted molar refractivity (Wildman–Crippen MR) is 129 cm³/mol. The molecule has 0 spiro atoms. The van der Waals surface area contributed by atoms with E-state index in [1.807, 2.05) is 18.3 Å². The second-order valence-corrected chi connectivity index (χ2v) is 7.99. The normalized spacial score (nSPS) is 18.3. The second-order valence-electron chi connectivity index (χ2n) is 7.99. The fourth-order valence-electron chi connectivity index (χ4n) is 4.78. The van der Waals surface area contributed by atoms with Crippen LogP contribution in [0.1, 0.15) is 12.8 Å². The molecule has 0 unspecified atom stereocenters. The summed E-state index contributed by atoms with van der Waals surface area (Å²) in [5.74, 6) is 0.810. The highest BCUT2D eigenvalue weighted by Crippen LogP contribution is 2.48. The van der Waals surface area contributed by atoms with Crippen LogP contribution in [0.15, 0.2) is 148 Å². The van der Waals surface area contributed by atoms with E-state index < -0.39 is 0 Å². The average Bonchev–Trinajstić information content (AvgIpc) is 3.11. The van der Waals surface area contributed by atoms with Gasteiger partial charge in [-0.25, -0.2) is 4.98 Å². The number of nitrogens with zero attached hydrogens (tertiary/aromatic N) is 3. The van der Waals surface area contributed by atoms with Gasteiger partial charge in [-0.15, -0.1) is 5.73 Å². The molecule has 3 nitrogen and oxygen atoms in total. The molecule has 0 N–H and O–H groups in total. The number of hydrogen-bond donors (Lipinski definition) is 0. The van der Waals surface area contributed by atoms with E-state index in [-0.39, 0.29) is 0 Å². The molecule has 152 valence electrons. The zero-order chi connectivity index (χ0) is 21.3. The minimum absolute atomic E-state index is 0.777. The summed E-state index contributed by atoms with van der Waals surface area (Å²) in [6, 6.07) is 10.4. The zero-order valence-electron chi connectivity index (χ0n) is 17.6. The van der Waals surface area contributed by atoms with Gasteiger partial charge in [0.2, 0.25) is 0 Å². The van der Waals surface area contributed by atoms with Crippen molar-refractivity contribution in [2.24, 2.45) is 0 Å². The lowest BCUT2D eigenvalue weighted by Crippen LogP contribution is -2.18. The van der Waals surface area contributed by atoms with Crippen molar-refractivity contribution in [3.05, 3.63) is 148 Å². The molecule has 2 aromatic rings. The summed E-state index contributed by atoms with van der Waals surface area (Å²) in [7, 11) is 0. The maximum Gasteiger partial charge on any atom is 0.155 e. The Kier molecular flexibility index (Phi) is 4.53. The van der Waals surface area contributed by atoms with Crippen LogP contribution in [0.25, 0.3) is 0 Å². The molecule has 32 heavy (non-hydrogen) atoms. The molecule has 1 heterocycles. The fourth-order valence-corrected chi connectivity index (χ4v) is 4.78. The third-order valence-corrected chi connectivity index (χ3v) is 6.13. The minimum atomic E-state index is 0.777. The van der Waals surface area contributed by atoms with E-state index in [1.165, 1.54) is 33.4 Å². The van der Waals surface area contributed by atoms with E-state index >= 15 is 0 Å². The van der Waals surface area contributed by atoms with Crippen LogP contribution in [0.3, 0.4) is 0 Å². The lowest BCUT2D eigenvalue weighted by molar-refractivity contribution is 1.01. The van der Waals surface area contributed by atoms with Crippen LogP contribution in [-0.2, 0) is 0 Å². The molecular formula is C29H21N3. The van der Waals surface area contributed by atoms with Gasteiger partial charge in [-0.05, 0) is 76.3 Å². The van der Waals surface area contributed by atoms with Crippen LogP contribution in [-0.4, -0.2) is 9.97 Å². The number of fused-ring (bicyclic) bond motifs is 2. The summed E-state index contributed by atoms with van der Waals surface area (Å²) < 4.78 is 0. The molecule has 4 aliphatic carbocycles. The van der Waals surface area contributed by atoms with Crippen molar-refractivity contribution in [1.82, 2.24) is 9.97 Å². The molecule has 4 aliphatic rings. The zero-order valence-corrected chi connectivity index (χ0v) is 17.6. The number of anilines is 2. The van der Waals surface area contributed by atoms with Gasteiger partial charge in [-0.2, -0.15) is 0 Å². The molecule has 1 aromatic carbocycles. The summed E-state index contributed by atoms with van der Waals surface area (Å²) in [5.41, 5.74) is 13.5. The lowest BCUT2D eigenvalue weighted by atomic mass is 9.94. The number of hydrogen-bond acceptors (Lipinski definition) is 3. The van der Waals surface area contributed by atoms with E-state index in [1.54, 1.807) is 12.4 Å². The molecule has 0 fully saturated rings. The largest absolute Gasteiger partial charge is 0.297 e. The molecular weight excluding hydrogens is 390 g/mol. The number of aromatic nitrogens is 2. The van der Waals surface area contributed by atoms with Gasteiger partial charge in [0.25, 0.3) is 0 Å². The smallest absolute Gasteiger partial charge is 0.155 e. The van der Waals surface area contributed by atoms with Crippen molar-refractivity contribution >= 4 is 11.5 Å². The molecule has 3 heteroatoms. The van der Waals surface area contributed by atoms with Gasteiger partial charge in [0.05, 0.1) is 6.20 Å². The molecule has 0 amide bonds. The topological polar surface area (TPSA) is 29.0 Å². The number of benzene rings is 1. The summed E-state index contributed by atoms with van der Waals surface area (Å²) in [6.45, 7) is 0. The van der Waals surface area contributed by atoms with Crippen LogP contribution in [0, 0.1) is 0 Å². The van der Waals surface area contributed by atoms with Crippen molar-refractivity contribution in [2.45, 2.75) is 12.8 Å². The van der Waals surface area contributed by atoms with Crippen LogP contribution >= 0.6 is 0 Å². The Morgan fingerprint density at radius 1 is 0.938 bits per heavy atom. The van der Waals surface area contributed by atoms with Gasteiger partial charge in [0, 0.05) is 30.2 Å². The van der Waals surface area contributed by atoms with Crippen molar-refractivity contribution in [2.75, 3.05) is 4.90 Å². The molecule has 1 aromatic heterocycles. The Morgan fingerprint density at radius 3 is 2.75 bits per heavy atom. The van der Waals surface area contributed by atoms with E-state index in [9.17, 15) is 0 Å². The second kappa shape index (κ2) is 7.81. The first-order valence-electron chi connectivity index (χ1n) is 10.9. The first-order chi connectivity index (χ1) is 15.9. The lowest BCUT2D eigenvalue weighted by Gasteiger charge is -2.26. The van der Waals surface area contributed by atoms with Gasteiger partial charge in [0.15, 0.2) is 5.82 Å². The van der Waals surface area contributed by atoms with Crippen LogP contribution in [0.2, 0.25) is 0 Å². The van der Waals surface area contributed by atoms with Gasteiger partial charge in [-0.1, -0.05) is 48.6 Å². The van der Waals surface area contributed by atoms with Gasteiger partial charge in [-0.3, -0.25) is 9.88 Å². The van der Waals surface area contributed by atoms with E-state index in [0.29, 0.717) is 0 Å². The molecule has 0 saturated heterocycles. The highest BCUT2D eigenvalue weighted by Gasteiger charge is 2.32. The van der Waals surface area contributed by atoms with Gasteiger partial charge in [0.1, 0.15) is 0 Å². The highest BCUT2D eigenvalue weighted by molar-refractivity contribution is 5.80. The highest BCUT2D eigenvalue weighted by atomic mass is 15.2. The molecule has 0 radical (unpaired) electrons. The average molecular weight is 412 g/mol. The first-order valence-corrected chi connectivity index (χ1v) is 10.9. The van der Waals surface area contributed by atoms with Crippen molar-refractivity contribution < 1.29 is 0 Å². The Balaban J connectivity index is 1.54. The Hall–Kier alpha value is -4.20. The van der Waals surface area contributed by atoms with E-state index in [2.05, 4.69) is 93.5 Å². The summed E-state index contributed by atoms with van der Waals surface area (Å²) in [4.78, 5) is 11.2. The van der Waals surface area contributed by atoms with Crippen LogP contribution in [0.5, 0.6) is 0 Å². The van der Waals surface area contributed by atoms with Crippen LogP contribution < -0.4 is 4.90 Å². The third kappa shape index (κ3) is 3.08. The Labute approximate surface area is 187 Å².